The van der Waals surface area contributed by atoms with Gasteiger partial charge in [0.15, 0.2) is 0 Å². The fourth-order valence-electron chi connectivity index (χ4n) is 2.22. The first-order valence-corrected chi connectivity index (χ1v) is 6.41. The Hall–Kier alpha value is -1.46. The van der Waals surface area contributed by atoms with Crippen LogP contribution in [0.25, 0.3) is 0 Å². The van der Waals surface area contributed by atoms with E-state index in [-0.39, 0.29) is 23.9 Å². The number of hydrogen-bond donors (Lipinski definition) is 1. The number of carbonyl (C=O) groups is 1. The van der Waals surface area contributed by atoms with E-state index in [4.69, 9.17) is 10.5 Å². The van der Waals surface area contributed by atoms with Crippen LogP contribution in [0.2, 0.25) is 0 Å². The maximum atomic E-state index is 13.3. The molecular formula is C14H19FN2O2. The summed E-state index contributed by atoms with van der Waals surface area (Å²) in [6.07, 6.45) is -0.160. The number of rotatable bonds is 2. The van der Waals surface area contributed by atoms with Crippen molar-refractivity contribution in [3.8, 4) is 0 Å². The molecule has 1 aliphatic rings. The van der Waals surface area contributed by atoms with Gasteiger partial charge in [0, 0.05) is 24.7 Å². The monoisotopic (exact) mass is 266 g/mol. The second-order valence-corrected chi connectivity index (χ2v) is 5.04. The summed E-state index contributed by atoms with van der Waals surface area (Å²) in [6.45, 7) is 5.05. The minimum Gasteiger partial charge on any atom is -0.373 e. The predicted octanol–water partition coefficient (Wildman–Crippen LogP) is 1.32. The molecule has 0 radical (unpaired) electrons. The van der Waals surface area contributed by atoms with Gasteiger partial charge in [-0.05, 0) is 37.6 Å². The molecule has 2 rings (SSSR count). The zero-order valence-corrected chi connectivity index (χ0v) is 11.2. The molecule has 1 aliphatic heterocycles. The van der Waals surface area contributed by atoms with Gasteiger partial charge < -0.3 is 15.4 Å². The van der Waals surface area contributed by atoms with Gasteiger partial charge in [0.25, 0.3) is 5.91 Å². The van der Waals surface area contributed by atoms with E-state index in [0.717, 1.165) is 5.56 Å². The van der Waals surface area contributed by atoms with Crippen LogP contribution in [0.15, 0.2) is 18.2 Å². The average Bonchev–Trinajstić information content (AvgIpc) is 2.37. The molecule has 1 amide bonds. The summed E-state index contributed by atoms with van der Waals surface area (Å²) in [4.78, 5) is 14.0. The number of hydrogen-bond acceptors (Lipinski definition) is 3. The maximum absolute atomic E-state index is 13.3. The van der Waals surface area contributed by atoms with Crippen molar-refractivity contribution in [1.82, 2.24) is 4.90 Å². The molecule has 2 unspecified atom stereocenters. The first kappa shape index (κ1) is 14.0. The first-order chi connectivity index (χ1) is 8.97. The van der Waals surface area contributed by atoms with E-state index in [1.165, 1.54) is 12.1 Å². The summed E-state index contributed by atoms with van der Waals surface area (Å²) in [7, 11) is 0. The van der Waals surface area contributed by atoms with E-state index < -0.39 is 0 Å². The van der Waals surface area contributed by atoms with Gasteiger partial charge in [0.05, 0.1) is 12.7 Å². The molecule has 1 fully saturated rings. The van der Waals surface area contributed by atoms with Crippen molar-refractivity contribution in [2.45, 2.75) is 26.0 Å². The molecular weight excluding hydrogens is 247 g/mol. The highest BCUT2D eigenvalue weighted by Crippen LogP contribution is 2.14. The molecule has 2 N–H and O–H groups in total. The number of nitrogens with zero attached hydrogens (tertiary/aromatic N) is 1. The number of morpholine rings is 1. The van der Waals surface area contributed by atoms with E-state index >= 15 is 0 Å². The largest absolute Gasteiger partial charge is 0.373 e. The third-order valence-corrected chi connectivity index (χ3v) is 3.26. The number of halogens is 1. The quantitative estimate of drug-likeness (QED) is 0.878. The Balaban J connectivity index is 2.14. The van der Waals surface area contributed by atoms with Crippen LogP contribution < -0.4 is 5.73 Å². The lowest BCUT2D eigenvalue weighted by atomic mass is 10.1. The lowest BCUT2D eigenvalue weighted by molar-refractivity contribution is -0.0300. The van der Waals surface area contributed by atoms with Gasteiger partial charge >= 0.3 is 0 Å². The molecule has 0 aliphatic carbocycles. The van der Waals surface area contributed by atoms with Gasteiger partial charge in [-0.3, -0.25) is 4.79 Å². The van der Waals surface area contributed by atoms with E-state index in [2.05, 4.69) is 0 Å². The van der Waals surface area contributed by atoms with Crippen molar-refractivity contribution in [3.63, 3.8) is 0 Å². The summed E-state index contributed by atoms with van der Waals surface area (Å²) < 4.78 is 18.9. The van der Waals surface area contributed by atoms with Crippen molar-refractivity contribution in [3.05, 3.63) is 35.1 Å². The lowest BCUT2D eigenvalue weighted by Crippen LogP contribution is -2.51. The number of aryl methyl sites for hydroxylation is 1. The van der Waals surface area contributed by atoms with Crippen molar-refractivity contribution in [2.24, 2.45) is 5.73 Å². The van der Waals surface area contributed by atoms with Crippen LogP contribution in [-0.4, -0.2) is 42.6 Å². The van der Waals surface area contributed by atoms with Crippen molar-refractivity contribution < 1.29 is 13.9 Å². The van der Waals surface area contributed by atoms with Gasteiger partial charge in [-0.25, -0.2) is 4.39 Å². The molecule has 5 heteroatoms. The highest BCUT2D eigenvalue weighted by Gasteiger charge is 2.27. The fourth-order valence-corrected chi connectivity index (χ4v) is 2.22. The van der Waals surface area contributed by atoms with Crippen LogP contribution in [0.3, 0.4) is 0 Å². The highest BCUT2D eigenvalue weighted by molar-refractivity contribution is 5.94. The van der Waals surface area contributed by atoms with Crippen LogP contribution in [0.1, 0.15) is 22.8 Å². The Labute approximate surface area is 112 Å². The third kappa shape index (κ3) is 3.30. The van der Waals surface area contributed by atoms with Gasteiger partial charge in [0.2, 0.25) is 0 Å². The molecule has 0 bridgehead atoms. The molecule has 1 aromatic carbocycles. The Morgan fingerprint density at radius 2 is 2.26 bits per heavy atom. The summed E-state index contributed by atoms with van der Waals surface area (Å²) in [5.74, 6) is -0.558. The van der Waals surface area contributed by atoms with Gasteiger partial charge in [-0.15, -0.1) is 0 Å². The molecule has 1 heterocycles. The minimum absolute atomic E-state index is 0.134. The van der Waals surface area contributed by atoms with Crippen molar-refractivity contribution in [2.75, 3.05) is 19.7 Å². The zero-order chi connectivity index (χ0) is 14.0. The molecule has 0 spiro atoms. The van der Waals surface area contributed by atoms with Crippen LogP contribution in [-0.2, 0) is 4.74 Å². The Bertz CT molecular complexity index is 456. The standard InChI is InChI=1S/C14H19FN2O2/c1-9-5-11(7-12(15)6-9)14(18)17-3-4-19-13(8-17)10(2)16/h5-7,10,13H,3-4,8,16H2,1-2H3. The predicted molar refractivity (Wildman–Crippen MR) is 70.4 cm³/mol. The molecule has 4 nitrogen and oxygen atoms in total. The third-order valence-electron chi connectivity index (χ3n) is 3.26. The van der Waals surface area contributed by atoms with E-state index in [9.17, 15) is 9.18 Å². The number of carbonyl (C=O) groups excluding carboxylic acids is 1. The van der Waals surface area contributed by atoms with Gasteiger partial charge in [0.1, 0.15) is 5.82 Å². The van der Waals surface area contributed by atoms with E-state index in [1.54, 1.807) is 17.9 Å². The topological polar surface area (TPSA) is 55.6 Å². The second-order valence-electron chi connectivity index (χ2n) is 5.04. The molecule has 0 saturated carbocycles. The Morgan fingerprint density at radius 1 is 1.53 bits per heavy atom. The maximum Gasteiger partial charge on any atom is 0.254 e. The number of benzene rings is 1. The molecule has 1 saturated heterocycles. The number of amides is 1. The van der Waals surface area contributed by atoms with E-state index in [1.807, 2.05) is 6.92 Å². The molecule has 2 atom stereocenters. The van der Waals surface area contributed by atoms with Crippen LogP contribution in [0.4, 0.5) is 4.39 Å². The SMILES string of the molecule is Cc1cc(F)cc(C(=O)N2CCOC(C(C)N)C2)c1. The Morgan fingerprint density at radius 3 is 2.89 bits per heavy atom. The summed E-state index contributed by atoms with van der Waals surface area (Å²) in [5.41, 5.74) is 6.91. The molecule has 19 heavy (non-hydrogen) atoms. The summed E-state index contributed by atoms with van der Waals surface area (Å²) in [5, 5.41) is 0. The van der Waals surface area contributed by atoms with Gasteiger partial charge in [-0.2, -0.15) is 0 Å². The van der Waals surface area contributed by atoms with Crippen LogP contribution in [0.5, 0.6) is 0 Å². The zero-order valence-electron chi connectivity index (χ0n) is 11.2. The normalized spacial score (nSPS) is 21.3. The average molecular weight is 266 g/mol. The molecule has 0 aromatic heterocycles. The number of ether oxygens (including phenoxy) is 1. The number of nitrogens with two attached hydrogens (primary N) is 1. The molecule has 1 aromatic rings. The minimum atomic E-state index is -0.389. The summed E-state index contributed by atoms with van der Waals surface area (Å²) in [6, 6.07) is 4.23. The van der Waals surface area contributed by atoms with Crippen molar-refractivity contribution >= 4 is 5.91 Å². The Kier molecular flexibility index (Phi) is 4.17. The lowest BCUT2D eigenvalue weighted by Gasteiger charge is -2.34. The first-order valence-electron chi connectivity index (χ1n) is 6.41. The van der Waals surface area contributed by atoms with E-state index in [0.29, 0.717) is 25.3 Å². The van der Waals surface area contributed by atoms with Crippen LogP contribution in [0, 0.1) is 12.7 Å². The van der Waals surface area contributed by atoms with Crippen LogP contribution >= 0.6 is 0 Å². The summed E-state index contributed by atoms with van der Waals surface area (Å²) >= 11 is 0. The molecule has 104 valence electrons. The second kappa shape index (κ2) is 5.67. The smallest absolute Gasteiger partial charge is 0.254 e. The fraction of sp³-hybridized carbons (Fsp3) is 0.500. The highest BCUT2D eigenvalue weighted by atomic mass is 19.1. The van der Waals surface area contributed by atoms with Gasteiger partial charge in [-0.1, -0.05) is 0 Å². The van der Waals surface area contributed by atoms with Crippen molar-refractivity contribution in [1.29, 1.82) is 0 Å².